The van der Waals surface area contributed by atoms with E-state index < -0.39 is 0 Å². The summed E-state index contributed by atoms with van der Waals surface area (Å²) < 4.78 is 11.0. The molecule has 1 aliphatic rings. The van der Waals surface area contributed by atoms with Crippen LogP contribution in [0.15, 0.2) is 30.3 Å². The predicted octanol–water partition coefficient (Wildman–Crippen LogP) is 3.35. The highest BCUT2D eigenvalue weighted by Gasteiger charge is 2.32. The molecule has 21 heavy (non-hydrogen) atoms. The molecule has 0 aliphatic heterocycles. The van der Waals surface area contributed by atoms with Crippen molar-refractivity contribution in [1.82, 2.24) is 0 Å². The van der Waals surface area contributed by atoms with E-state index in [9.17, 15) is 9.59 Å². The molecule has 0 spiro atoms. The number of esters is 2. The van der Waals surface area contributed by atoms with E-state index in [-0.39, 0.29) is 30.1 Å². The minimum Gasteiger partial charge on any atom is -0.458 e. The quantitative estimate of drug-likeness (QED) is 0.798. The van der Waals surface area contributed by atoms with Crippen molar-refractivity contribution in [2.75, 3.05) is 0 Å². The van der Waals surface area contributed by atoms with Crippen LogP contribution < -0.4 is 0 Å². The second kappa shape index (κ2) is 7.25. The molecule has 2 atom stereocenters. The molecule has 4 nitrogen and oxygen atoms in total. The number of benzene rings is 1. The summed E-state index contributed by atoms with van der Waals surface area (Å²) in [5.41, 5.74) is 0.525. The maximum Gasteiger partial charge on any atom is 0.338 e. The highest BCUT2D eigenvalue weighted by atomic mass is 16.6. The Morgan fingerprint density at radius 2 is 1.57 bits per heavy atom. The number of hydrogen-bond donors (Lipinski definition) is 0. The van der Waals surface area contributed by atoms with Crippen LogP contribution >= 0.6 is 0 Å². The van der Waals surface area contributed by atoms with Crippen molar-refractivity contribution in [2.24, 2.45) is 5.92 Å². The van der Waals surface area contributed by atoms with Gasteiger partial charge < -0.3 is 9.47 Å². The molecule has 2 rings (SSSR count). The van der Waals surface area contributed by atoms with Gasteiger partial charge in [0.2, 0.25) is 0 Å². The average Bonchev–Trinajstić information content (AvgIpc) is 2.50. The van der Waals surface area contributed by atoms with Crippen LogP contribution in [0.3, 0.4) is 0 Å². The molecule has 1 aromatic carbocycles. The van der Waals surface area contributed by atoms with Crippen molar-refractivity contribution in [3.05, 3.63) is 35.9 Å². The maximum absolute atomic E-state index is 12.1. The highest BCUT2D eigenvalue weighted by molar-refractivity contribution is 5.89. The number of hydrogen-bond acceptors (Lipinski definition) is 4. The zero-order chi connectivity index (χ0) is 15.2. The van der Waals surface area contributed by atoms with Gasteiger partial charge in [0.25, 0.3) is 0 Å². The lowest BCUT2D eigenvalue weighted by atomic mass is 9.94. The van der Waals surface area contributed by atoms with Gasteiger partial charge in [-0.25, -0.2) is 4.79 Å². The van der Waals surface area contributed by atoms with Gasteiger partial charge in [0.05, 0.1) is 11.5 Å². The van der Waals surface area contributed by atoms with Crippen LogP contribution in [-0.4, -0.2) is 24.1 Å². The molecule has 0 amide bonds. The molecule has 114 valence electrons. The first-order chi connectivity index (χ1) is 10.1. The minimum absolute atomic E-state index is 0.169. The molecule has 0 heterocycles. The zero-order valence-electron chi connectivity index (χ0n) is 12.6. The predicted molar refractivity (Wildman–Crippen MR) is 78.8 cm³/mol. The summed E-state index contributed by atoms with van der Waals surface area (Å²) in [5.74, 6) is -0.756. The molecule has 1 fully saturated rings. The van der Waals surface area contributed by atoms with Crippen LogP contribution in [0.25, 0.3) is 0 Å². The van der Waals surface area contributed by atoms with Crippen LogP contribution in [0.4, 0.5) is 0 Å². The van der Waals surface area contributed by atoms with E-state index in [4.69, 9.17) is 9.47 Å². The number of carbonyl (C=O) groups is 2. The maximum atomic E-state index is 12.1. The molecule has 0 aromatic heterocycles. The summed E-state index contributed by atoms with van der Waals surface area (Å²) >= 11 is 0. The number of rotatable bonds is 4. The molecule has 1 aromatic rings. The van der Waals surface area contributed by atoms with Crippen molar-refractivity contribution in [3.8, 4) is 0 Å². The largest absolute Gasteiger partial charge is 0.458 e. The zero-order valence-corrected chi connectivity index (χ0v) is 12.6. The summed E-state index contributed by atoms with van der Waals surface area (Å²) in [7, 11) is 0. The first kappa shape index (κ1) is 15.5. The van der Waals surface area contributed by atoms with Gasteiger partial charge in [0, 0.05) is 0 Å². The molecule has 0 N–H and O–H groups in total. The number of ether oxygens (including phenoxy) is 2. The third-order valence-electron chi connectivity index (χ3n) is 3.65. The van der Waals surface area contributed by atoms with Gasteiger partial charge in [-0.1, -0.05) is 32.0 Å². The van der Waals surface area contributed by atoms with Gasteiger partial charge in [0.1, 0.15) is 12.2 Å². The molecule has 1 unspecified atom stereocenters. The van der Waals surface area contributed by atoms with E-state index >= 15 is 0 Å². The summed E-state index contributed by atoms with van der Waals surface area (Å²) in [6.45, 7) is 3.60. The van der Waals surface area contributed by atoms with Crippen LogP contribution in [0.5, 0.6) is 0 Å². The van der Waals surface area contributed by atoms with Gasteiger partial charge in [-0.2, -0.15) is 0 Å². The van der Waals surface area contributed by atoms with Crippen molar-refractivity contribution in [1.29, 1.82) is 0 Å². The third-order valence-corrected chi connectivity index (χ3v) is 3.65. The van der Waals surface area contributed by atoms with E-state index in [0.717, 1.165) is 25.7 Å². The second-order valence-corrected chi connectivity index (χ2v) is 5.72. The van der Waals surface area contributed by atoms with Gasteiger partial charge in [0.15, 0.2) is 0 Å². The van der Waals surface area contributed by atoms with Gasteiger partial charge in [-0.3, -0.25) is 4.79 Å². The number of carbonyl (C=O) groups excluding carboxylic acids is 2. The lowest BCUT2D eigenvalue weighted by Crippen LogP contribution is -2.38. The lowest BCUT2D eigenvalue weighted by molar-refractivity contribution is -0.161. The Bertz CT molecular complexity index is 481. The highest BCUT2D eigenvalue weighted by Crippen LogP contribution is 2.25. The smallest absolute Gasteiger partial charge is 0.338 e. The van der Waals surface area contributed by atoms with E-state index in [0.29, 0.717) is 5.56 Å². The third kappa shape index (κ3) is 4.31. The summed E-state index contributed by atoms with van der Waals surface area (Å²) in [4.78, 5) is 23.9. The average molecular weight is 290 g/mol. The molecule has 1 aliphatic carbocycles. The van der Waals surface area contributed by atoms with Gasteiger partial charge in [-0.05, 0) is 37.8 Å². The Morgan fingerprint density at radius 1 is 1.00 bits per heavy atom. The van der Waals surface area contributed by atoms with Crippen LogP contribution in [0, 0.1) is 5.92 Å². The van der Waals surface area contributed by atoms with E-state index in [1.165, 1.54) is 0 Å². The van der Waals surface area contributed by atoms with Crippen LogP contribution in [0.2, 0.25) is 0 Å². The van der Waals surface area contributed by atoms with Crippen LogP contribution in [-0.2, 0) is 14.3 Å². The standard InChI is InChI=1S/C17H22O4/c1-12(2)16(18)20-14-10-6-7-11-15(14)21-17(19)13-8-4-3-5-9-13/h3-5,8-9,12,14-15H,6-7,10-11H2,1-2H3/t14?,15-/m0/s1. The fourth-order valence-electron chi connectivity index (χ4n) is 2.40. The Kier molecular flexibility index (Phi) is 5.37. The first-order valence-corrected chi connectivity index (χ1v) is 7.54. The molecule has 1 saturated carbocycles. The molecule has 0 bridgehead atoms. The molecule has 0 saturated heterocycles. The normalized spacial score (nSPS) is 21.9. The fourth-order valence-corrected chi connectivity index (χ4v) is 2.40. The van der Waals surface area contributed by atoms with Crippen molar-refractivity contribution in [3.63, 3.8) is 0 Å². The molecular weight excluding hydrogens is 268 g/mol. The Balaban J connectivity index is 1.99. The van der Waals surface area contributed by atoms with Crippen molar-refractivity contribution < 1.29 is 19.1 Å². The van der Waals surface area contributed by atoms with E-state index in [1.807, 2.05) is 6.07 Å². The Morgan fingerprint density at radius 3 is 2.14 bits per heavy atom. The fraction of sp³-hybridized carbons (Fsp3) is 0.529. The minimum atomic E-state index is -0.354. The van der Waals surface area contributed by atoms with Crippen LogP contribution in [0.1, 0.15) is 49.9 Å². The molecule has 4 heteroatoms. The molecule has 0 radical (unpaired) electrons. The van der Waals surface area contributed by atoms with Crippen molar-refractivity contribution in [2.45, 2.75) is 51.7 Å². The van der Waals surface area contributed by atoms with Gasteiger partial charge >= 0.3 is 11.9 Å². The molecular formula is C17H22O4. The van der Waals surface area contributed by atoms with E-state index in [2.05, 4.69) is 0 Å². The first-order valence-electron chi connectivity index (χ1n) is 7.54. The summed E-state index contributed by atoms with van der Waals surface area (Å²) in [5, 5.41) is 0. The van der Waals surface area contributed by atoms with Gasteiger partial charge in [-0.15, -0.1) is 0 Å². The topological polar surface area (TPSA) is 52.6 Å². The Hall–Kier alpha value is -1.84. The monoisotopic (exact) mass is 290 g/mol. The van der Waals surface area contributed by atoms with Crippen molar-refractivity contribution >= 4 is 11.9 Å². The Labute approximate surface area is 125 Å². The second-order valence-electron chi connectivity index (χ2n) is 5.72. The van der Waals surface area contributed by atoms with E-state index in [1.54, 1.807) is 38.1 Å². The summed E-state index contributed by atoms with van der Waals surface area (Å²) in [6.07, 6.45) is 2.83. The SMILES string of the molecule is CC(C)C(=O)OC1CCCC[C@@H]1OC(=O)c1ccccc1. The lowest BCUT2D eigenvalue weighted by Gasteiger charge is -2.31. The summed E-state index contributed by atoms with van der Waals surface area (Å²) in [6, 6.07) is 8.90.